The zero-order valence-electron chi connectivity index (χ0n) is 9.21. The zero-order chi connectivity index (χ0) is 12.1. The van der Waals surface area contributed by atoms with Gasteiger partial charge in [-0.3, -0.25) is 9.59 Å². The molecule has 0 atom stereocenters. The highest BCUT2D eigenvalue weighted by molar-refractivity contribution is 9.10. The number of aromatic nitrogens is 1. The Kier molecular flexibility index (Phi) is 4.54. The Bertz CT molecular complexity index is 401. The summed E-state index contributed by atoms with van der Waals surface area (Å²) in [6, 6.07) is 1.74. The van der Waals surface area contributed by atoms with E-state index in [9.17, 15) is 9.59 Å². The van der Waals surface area contributed by atoms with Gasteiger partial charge in [-0.1, -0.05) is 0 Å². The summed E-state index contributed by atoms with van der Waals surface area (Å²) in [6.07, 6.45) is 1.81. The Balaban J connectivity index is 2.41. The standard InChI is InChI=1S/C10H14BrN3O2/c1-7(15)12-3-4-13-10(16)9-5-8(11)6-14(9)2/h5-6H,3-4H2,1-2H3,(H,12,15)(H,13,16). The largest absolute Gasteiger partial charge is 0.355 e. The third-order valence-electron chi connectivity index (χ3n) is 1.99. The summed E-state index contributed by atoms with van der Waals surface area (Å²) in [7, 11) is 1.80. The number of nitrogens with zero attached hydrogens (tertiary/aromatic N) is 1. The van der Waals surface area contributed by atoms with Crippen molar-refractivity contribution in [1.29, 1.82) is 0 Å². The van der Waals surface area contributed by atoms with E-state index in [0.29, 0.717) is 18.8 Å². The molecule has 0 aliphatic heterocycles. The van der Waals surface area contributed by atoms with E-state index in [2.05, 4.69) is 26.6 Å². The van der Waals surface area contributed by atoms with Crippen molar-refractivity contribution in [3.05, 3.63) is 22.4 Å². The number of carbonyl (C=O) groups excluding carboxylic acids is 2. The number of hydrogen-bond donors (Lipinski definition) is 2. The van der Waals surface area contributed by atoms with E-state index in [4.69, 9.17) is 0 Å². The van der Waals surface area contributed by atoms with Crippen LogP contribution in [0.2, 0.25) is 0 Å². The minimum absolute atomic E-state index is 0.101. The van der Waals surface area contributed by atoms with Crippen LogP contribution in [0.15, 0.2) is 16.7 Å². The van der Waals surface area contributed by atoms with E-state index in [1.165, 1.54) is 6.92 Å². The van der Waals surface area contributed by atoms with Crippen molar-refractivity contribution >= 4 is 27.7 Å². The van der Waals surface area contributed by atoms with E-state index in [-0.39, 0.29) is 11.8 Å². The van der Waals surface area contributed by atoms with Crippen molar-refractivity contribution in [2.45, 2.75) is 6.92 Å². The summed E-state index contributed by atoms with van der Waals surface area (Å²) < 4.78 is 2.60. The van der Waals surface area contributed by atoms with E-state index < -0.39 is 0 Å². The van der Waals surface area contributed by atoms with Gasteiger partial charge in [0.1, 0.15) is 5.69 Å². The number of amides is 2. The number of carbonyl (C=O) groups is 2. The molecule has 0 radical (unpaired) electrons. The molecule has 0 saturated heterocycles. The summed E-state index contributed by atoms with van der Waals surface area (Å²) in [4.78, 5) is 22.2. The average molecular weight is 288 g/mol. The van der Waals surface area contributed by atoms with Crippen LogP contribution >= 0.6 is 15.9 Å². The van der Waals surface area contributed by atoms with Gasteiger partial charge >= 0.3 is 0 Å². The molecule has 1 rings (SSSR count). The smallest absolute Gasteiger partial charge is 0.267 e. The molecular weight excluding hydrogens is 274 g/mol. The van der Waals surface area contributed by atoms with Gasteiger partial charge in [-0.05, 0) is 22.0 Å². The second-order valence-corrected chi connectivity index (χ2v) is 4.31. The fourth-order valence-corrected chi connectivity index (χ4v) is 1.78. The first-order chi connectivity index (χ1) is 7.50. The first-order valence-electron chi connectivity index (χ1n) is 4.85. The number of hydrogen-bond acceptors (Lipinski definition) is 2. The van der Waals surface area contributed by atoms with E-state index in [1.54, 1.807) is 17.7 Å². The summed E-state index contributed by atoms with van der Waals surface area (Å²) in [5.41, 5.74) is 0.578. The second kappa shape index (κ2) is 5.69. The van der Waals surface area contributed by atoms with Crippen molar-refractivity contribution in [3.8, 4) is 0 Å². The monoisotopic (exact) mass is 287 g/mol. The van der Waals surface area contributed by atoms with Crippen LogP contribution in [-0.4, -0.2) is 29.5 Å². The molecule has 88 valence electrons. The summed E-state index contributed by atoms with van der Waals surface area (Å²) in [5.74, 6) is -0.255. The second-order valence-electron chi connectivity index (χ2n) is 3.39. The minimum Gasteiger partial charge on any atom is -0.355 e. The highest BCUT2D eigenvalue weighted by Crippen LogP contribution is 2.13. The van der Waals surface area contributed by atoms with Gasteiger partial charge in [-0.2, -0.15) is 0 Å². The van der Waals surface area contributed by atoms with Gasteiger partial charge in [0.2, 0.25) is 5.91 Å². The Morgan fingerprint density at radius 1 is 1.38 bits per heavy atom. The van der Waals surface area contributed by atoms with Gasteiger partial charge in [-0.15, -0.1) is 0 Å². The predicted molar refractivity (Wildman–Crippen MR) is 64.1 cm³/mol. The zero-order valence-corrected chi connectivity index (χ0v) is 10.8. The van der Waals surface area contributed by atoms with Gasteiger partial charge in [-0.25, -0.2) is 0 Å². The van der Waals surface area contributed by atoms with E-state index in [1.807, 2.05) is 6.20 Å². The molecule has 0 aromatic carbocycles. The van der Waals surface area contributed by atoms with Crippen molar-refractivity contribution < 1.29 is 9.59 Å². The third kappa shape index (κ3) is 3.69. The van der Waals surface area contributed by atoms with Crippen molar-refractivity contribution in [1.82, 2.24) is 15.2 Å². The quantitative estimate of drug-likeness (QED) is 0.799. The van der Waals surface area contributed by atoms with Crippen LogP contribution in [0, 0.1) is 0 Å². The number of halogens is 1. The molecule has 0 saturated carbocycles. The van der Waals surface area contributed by atoms with Crippen molar-refractivity contribution in [2.75, 3.05) is 13.1 Å². The van der Waals surface area contributed by atoms with Crippen LogP contribution in [0.25, 0.3) is 0 Å². The maximum Gasteiger partial charge on any atom is 0.267 e. The van der Waals surface area contributed by atoms with Gasteiger partial charge in [0.15, 0.2) is 0 Å². The summed E-state index contributed by atoms with van der Waals surface area (Å²) in [6.45, 7) is 2.30. The molecule has 5 nitrogen and oxygen atoms in total. The fourth-order valence-electron chi connectivity index (χ4n) is 1.26. The normalized spacial score (nSPS) is 9.94. The molecule has 1 heterocycles. The molecule has 16 heavy (non-hydrogen) atoms. The highest BCUT2D eigenvalue weighted by atomic mass is 79.9. The summed E-state index contributed by atoms with van der Waals surface area (Å²) in [5, 5.41) is 5.32. The van der Waals surface area contributed by atoms with Gasteiger partial charge < -0.3 is 15.2 Å². The molecule has 0 bridgehead atoms. The molecule has 6 heteroatoms. The number of nitrogens with one attached hydrogen (secondary N) is 2. The SMILES string of the molecule is CC(=O)NCCNC(=O)c1cc(Br)cn1C. The molecule has 0 fully saturated rings. The van der Waals surface area contributed by atoms with Crippen LogP contribution in [0.5, 0.6) is 0 Å². The molecular formula is C10H14BrN3O2. The van der Waals surface area contributed by atoms with Crippen LogP contribution in [0.4, 0.5) is 0 Å². The molecule has 0 spiro atoms. The fraction of sp³-hybridized carbons (Fsp3) is 0.400. The van der Waals surface area contributed by atoms with Gasteiger partial charge in [0, 0.05) is 37.7 Å². The first kappa shape index (κ1) is 12.8. The lowest BCUT2D eigenvalue weighted by atomic mass is 10.4. The van der Waals surface area contributed by atoms with Crippen molar-refractivity contribution in [3.63, 3.8) is 0 Å². The molecule has 2 amide bonds. The third-order valence-corrected chi connectivity index (χ3v) is 2.42. The van der Waals surface area contributed by atoms with Crippen LogP contribution in [0.1, 0.15) is 17.4 Å². The van der Waals surface area contributed by atoms with Crippen LogP contribution in [-0.2, 0) is 11.8 Å². The predicted octanol–water partition coefficient (Wildman–Crippen LogP) is 0.653. The average Bonchev–Trinajstić information content (AvgIpc) is 2.52. The maximum absolute atomic E-state index is 11.7. The number of aryl methyl sites for hydroxylation is 1. The van der Waals surface area contributed by atoms with E-state index >= 15 is 0 Å². The Hall–Kier alpha value is -1.30. The Labute approximate surface area is 102 Å². The molecule has 0 aliphatic rings. The van der Waals surface area contributed by atoms with Gasteiger partial charge in [0.05, 0.1) is 0 Å². The molecule has 1 aromatic rings. The van der Waals surface area contributed by atoms with Crippen LogP contribution < -0.4 is 10.6 Å². The topological polar surface area (TPSA) is 63.1 Å². The maximum atomic E-state index is 11.7. The van der Waals surface area contributed by atoms with Crippen LogP contribution in [0.3, 0.4) is 0 Å². The Morgan fingerprint density at radius 3 is 2.50 bits per heavy atom. The van der Waals surface area contributed by atoms with Gasteiger partial charge in [0.25, 0.3) is 5.91 Å². The lowest BCUT2D eigenvalue weighted by Gasteiger charge is -2.06. The molecule has 2 N–H and O–H groups in total. The first-order valence-corrected chi connectivity index (χ1v) is 5.64. The molecule has 0 aliphatic carbocycles. The van der Waals surface area contributed by atoms with Crippen molar-refractivity contribution in [2.24, 2.45) is 7.05 Å². The number of rotatable bonds is 4. The lowest BCUT2D eigenvalue weighted by molar-refractivity contribution is -0.118. The highest BCUT2D eigenvalue weighted by Gasteiger charge is 2.09. The molecule has 0 unspecified atom stereocenters. The minimum atomic E-state index is -0.154. The molecule has 1 aromatic heterocycles. The Morgan fingerprint density at radius 2 is 2.00 bits per heavy atom. The van der Waals surface area contributed by atoms with E-state index in [0.717, 1.165) is 4.47 Å². The lowest BCUT2D eigenvalue weighted by Crippen LogP contribution is -2.34. The summed E-state index contributed by atoms with van der Waals surface area (Å²) >= 11 is 3.29.